The van der Waals surface area contributed by atoms with Crippen molar-refractivity contribution in [2.24, 2.45) is 5.10 Å². The number of hydrogen-bond acceptors (Lipinski definition) is 4. The zero-order chi connectivity index (χ0) is 24.2. The summed E-state index contributed by atoms with van der Waals surface area (Å²) < 4.78 is 24.9. The van der Waals surface area contributed by atoms with E-state index in [9.17, 15) is 9.18 Å². The molecular weight excluding hydrogens is 445 g/mol. The Morgan fingerprint density at radius 1 is 0.971 bits per heavy atom. The maximum atomic E-state index is 13.9. The van der Waals surface area contributed by atoms with Crippen molar-refractivity contribution in [2.75, 3.05) is 7.11 Å². The van der Waals surface area contributed by atoms with E-state index < -0.39 is 5.82 Å². The standard InChI is InChI=1S/C28H22FN3O3/c1-34-25-13-10-18(14-21(25)17-35-26-9-5-4-8-23(26)29)16-30-32-28(33)24-15-20-12-11-19-6-2-3-7-22(19)27(20)31-24/h2-16,31H,17H2,1H3,(H,32,33)/b30-16-. The fraction of sp³-hybridized carbons (Fsp3) is 0.0714. The highest BCUT2D eigenvalue weighted by Gasteiger charge is 2.11. The molecule has 0 spiro atoms. The van der Waals surface area contributed by atoms with Gasteiger partial charge < -0.3 is 14.5 Å². The summed E-state index contributed by atoms with van der Waals surface area (Å²) in [6.45, 7) is 0.112. The van der Waals surface area contributed by atoms with E-state index in [1.165, 1.54) is 12.3 Å². The Labute approximate surface area is 201 Å². The van der Waals surface area contributed by atoms with Gasteiger partial charge in [-0.1, -0.05) is 48.5 Å². The van der Waals surface area contributed by atoms with Crippen molar-refractivity contribution < 1.29 is 18.7 Å². The van der Waals surface area contributed by atoms with Crippen molar-refractivity contribution >= 4 is 33.8 Å². The Balaban J connectivity index is 1.30. The summed E-state index contributed by atoms with van der Waals surface area (Å²) in [5.74, 6) is -0.0187. The molecule has 0 fully saturated rings. The smallest absolute Gasteiger partial charge is 0.287 e. The molecule has 1 heterocycles. The summed E-state index contributed by atoms with van der Waals surface area (Å²) in [5.41, 5.74) is 5.32. The molecule has 0 aliphatic rings. The van der Waals surface area contributed by atoms with Crippen LogP contribution in [0.2, 0.25) is 0 Å². The number of fused-ring (bicyclic) bond motifs is 3. The van der Waals surface area contributed by atoms with Gasteiger partial charge >= 0.3 is 0 Å². The number of para-hydroxylation sites is 1. The minimum atomic E-state index is -0.433. The number of rotatable bonds is 7. The van der Waals surface area contributed by atoms with Crippen LogP contribution in [0.4, 0.5) is 4.39 Å². The van der Waals surface area contributed by atoms with Gasteiger partial charge in [0.05, 0.1) is 18.8 Å². The summed E-state index contributed by atoms with van der Waals surface area (Å²) in [5, 5.41) is 7.19. The van der Waals surface area contributed by atoms with Crippen LogP contribution in [-0.4, -0.2) is 24.2 Å². The van der Waals surface area contributed by atoms with E-state index >= 15 is 0 Å². The number of halogens is 1. The molecule has 7 heteroatoms. The predicted molar refractivity (Wildman–Crippen MR) is 135 cm³/mol. The van der Waals surface area contributed by atoms with Gasteiger partial charge in [0, 0.05) is 16.3 Å². The number of methoxy groups -OCH3 is 1. The van der Waals surface area contributed by atoms with Gasteiger partial charge in [-0.3, -0.25) is 4.79 Å². The molecule has 5 aromatic rings. The average molecular weight is 468 g/mol. The Morgan fingerprint density at radius 3 is 2.63 bits per heavy atom. The first-order valence-electron chi connectivity index (χ1n) is 11.0. The SMILES string of the molecule is COc1ccc(/C=N\NC(=O)c2cc3ccc4ccccc4c3[nH]2)cc1COc1ccccc1F. The quantitative estimate of drug-likeness (QED) is 0.234. The van der Waals surface area contributed by atoms with Gasteiger partial charge in [0.25, 0.3) is 5.91 Å². The minimum absolute atomic E-state index is 0.112. The van der Waals surface area contributed by atoms with Gasteiger partial charge in [-0.2, -0.15) is 5.10 Å². The van der Waals surface area contributed by atoms with Crippen molar-refractivity contribution in [3.63, 3.8) is 0 Å². The van der Waals surface area contributed by atoms with E-state index in [1.807, 2.05) is 42.5 Å². The van der Waals surface area contributed by atoms with Crippen molar-refractivity contribution in [1.29, 1.82) is 0 Å². The Morgan fingerprint density at radius 2 is 1.77 bits per heavy atom. The largest absolute Gasteiger partial charge is 0.496 e. The number of H-pyrrole nitrogens is 1. The third-order valence-corrected chi connectivity index (χ3v) is 5.67. The van der Waals surface area contributed by atoms with Gasteiger partial charge in [0.15, 0.2) is 11.6 Å². The van der Waals surface area contributed by atoms with Crippen molar-refractivity contribution in [3.05, 3.63) is 108 Å². The Kier molecular flexibility index (Phi) is 6.13. The number of nitrogens with zero attached hydrogens (tertiary/aromatic N) is 1. The fourth-order valence-corrected chi connectivity index (χ4v) is 3.93. The molecule has 5 rings (SSSR count). The third kappa shape index (κ3) is 4.70. The second-order valence-corrected chi connectivity index (χ2v) is 7.92. The molecule has 4 aromatic carbocycles. The number of carbonyl (C=O) groups excluding carboxylic acids is 1. The minimum Gasteiger partial charge on any atom is -0.496 e. The summed E-state index contributed by atoms with van der Waals surface area (Å²) in [6, 6.07) is 25.4. The predicted octanol–water partition coefficient (Wildman–Crippen LogP) is 5.81. The zero-order valence-corrected chi connectivity index (χ0v) is 18.9. The Hall–Kier alpha value is -4.65. The van der Waals surface area contributed by atoms with Gasteiger partial charge in [-0.05, 0) is 47.3 Å². The van der Waals surface area contributed by atoms with E-state index in [-0.39, 0.29) is 18.3 Å². The number of aromatic amines is 1. The monoisotopic (exact) mass is 467 g/mol. The summed E-state index contributed by atoms with van der Waals surface area (Å²) >= 11 is 0. The fourth-order valence-electron chi connectivity index (χ4n) is 3.93. The zero-order valence-electron chi connectivity index (χ0n) is 18.9. The molecule has 1 amide bonds. The molecular formula is C28H22FN3O3. The van der Waals surface area contributed by atoms with E-state index in [0.29, 0.717) is 17.0 Å². The summed E-state index contributed by atoms with van der Waals surface area (Å²) in [4.78, 5) is 15.9. The van der Waals surface area contributed by atoms with Crippen LogP contribution in [-0.2, 0) is 6.61 Å². The molecule has 0 radical (unpaired) electrons. The Bertz CT molecular complexity index is 1560. The van der Waals surface area contributed by atoms with Crippen LogP contribution in [0.25, 0.3) is 21.7 Å². The van der Waals surface area contributed by atoms with Crippen LogP contribution < -0.4 is 14.9 Å². The molecule has 6 nitrogen and oxygen atoms in total. The maximum Gasteiger partial charge on any atom is 0.287 e. The lowest BCUT2D eigenvalue weighted by Gasteiger charge is -2.11. The highest BCUT2D eigenvalue weighted by molar-refractivity contribution is 6.08. The normalized spacial score (nSPS) is 11.3. The number of aromatic nitrogens is 1. The maximum absolute atomic E-state index is 13.9. The van der Waals surface area contributed by atoms with Crippen LogP contribution in [0, 0.1) is 5.82 Å². The van der Waals surface area contributed by atoms with Crippen molar-refractivity contribution in [1.82, 2.24) is 10.4 Å². The lowest BCUT2D eigenvalue weighted by atomic mass is 10.1. The van der Waals surface area contributed by atoms with Gasteiger partial charge in [0.2, 0.25) is 0 Å². The summed E-state index contributed by atoms with van der Waals surface area (Å²) in [7, 11) is 1.56. The van der Waals surface area contributed by atoms with E-state index in [4.69, 9.17) is 9.47 Å². The molecule has 0 aliphatic heterocycles. The molecule has 0 bridgehead atoms. The van der Waals surface area contributed by atoms with Gasteiger partial charge in [0.1, 0.15) is 18.1 Å². The van der Waals surface area contributed by atoms with Gasteiger partial charge in [-0.15, -0.1) is 0 Å². The van der Waals surface area contributed by atoms with Crippen molar-refractivity contribution in [3.8, 4) is 11.5 Å². The number of ether oxygens (including phenoxy) is 2. The lowest BCUT2D eigenvalue weighted by molar-refractivity contribution is 0.0951. The number of benzene rings is 4. The topological polar surface area (TPSA) is 75.7 Å². The number of amides is 1. The van der Waals surface area contributed by atoms with Crippen LogP contribution in [0.3, 0.4) is 0 Å². The van der Waals surface area contributed by atoms with E-state index in [1.54, 1.807) is 43.5 Å². The molecule has 1 aromatic heterocycles. The highest BCUT2D eigenvalue weighted by atomic mass is 19.1. The van der Waals surface area contributed by atoms with Crippen molar-refractivity contribution in [2.45, 2.75) is 6.61 Å². The molecule has 0 atom stereocenters. The van der Waals surface area contributed by atoms with Gasteiger partial charge in [-0.25, -0.2) is 9.82 Å². The second kappa shape index (κ2) is 9.69. The van der Waals surface area contributed by atoms with Crippen LogP contribution in [0.5, 0.6) is 11.5 Å². The highest BCUT2D eigenvalue weighted by Crippen LogP contribution is 2.26. The first kappa shape index (κ1) is 22.2. The van der Waals surface area contributed by atoms with Crippen LogP contribution in [0.1, 0.15) is 21.6 Å². The molecule has 35 heavy (non-hydrogen) atoms. The molecule has 0 saturated carbocycles. The van der Waals surface area contributed by atoms with E-state index in [0.717, 1.165) is 27.2 Å². The van der Waals surface area contributed by atoms with Crippen LogP contribution >= 0.6 is 0 Å². The summed E-state index contributed by atoms with van der Waals surface area (Å²) in [6.07, 6.45) is 1.53. The van der Waals surface area contributed by atoms with E-state index in [2.05, 4.69) is 15.5 Å². The molecule has 2 N–H and O–H groups in total. The molecule has 0 saturated heterocycles. The number of carbonyl (C=O) groups is 1. The molecule has 0 aliphatic carbocycles. The van der Waals surface area contributed by atoms with Crippen LogP contribution in [0.15, 0.2) is 90.0 Å². The molecule has 0 unspecified atom stereocenters. The number of hydrogen-bond donors (Lipinski definition) is 2. The second-order valence-electron chi connectivity index (χ2n) is 7.92. The average Bonchev–Trinajstić information content (AvgIpc) is 3.33. The first-order chi connectivity index (χ1) is 17.1. The third-order valence-electron chi connectivity index (χ3n) is 5.67. The number of hydrazone groups is 1. The number of nitrogens with one attached hydrogen (secondary N) is 2. The first-order valence-corrected chi connectivity index (χ1v) is 11.0. The lowest BCUT2D eigenvalue weighted by Crippen LogP contribution is -2.17. The molecule has 174 valence electrons.